The Morgan fingerprint density at radius 3 is 2.00 bits per heavy atom. The summed E-state index contributed by atoms with van der Waals surface area (Å²) in [4.78, 5) is 0. The second-order valence-electron chi connectivity index (χ2n) is 4.65. The summed E-state index contributed by atoms with van der Waals surface area (Å²) in [7, 11) is 0. The number of nitrogens with two attached hydrogens (primary N) is 1. The molecule has 0 aromatic heterocycles. The van der Waals surface area contributed by atoms with E-state index < -0.39 is 6.10 Å². The van der Waals surface area contributed by atoms with Gasteiger partial charge in [0.1, 0.15) is 6.10 Å². The quantitative estimate of drug-likeness (QED) is 0.339. The molecule has 22 heavy (non-hydrogen) atoms. The van der Waals surface area contributed by atoms with Gasteiger partial charge in [0.2, 0.25) is 0 Å². The normalized spacial score (nSPS) is 21.3. The second-order valence-corrected chi connectivity index (χ2v) is 4.65. The van der Waals surface area contributed by atoms with Crippen molar-refractivity contribution >= 4 is 0 Å². The van der Waals surface area contributed by atoms with Crippen LogP contribution in [-0.4, -0.2) is 93.5 Å². The summed E-state index contributed by atoms with van der Waals surface area (Å²) in [5.74, 6) is 0. The molecular formula is C14H31NO7. The van der Waals surface area contributed by atoms with Crippen molar-refractivity contribution < 1.29 is 34.3 Å². The Morgan fingerprint density at radius 1 is 0.955 bits per heavy atom. The van der Waals surface area contributed by atoms with Crippen molar-refractivity contribution in [3.8, 4) is 0 Å². The van der Waals surface area contributed by atoms with E-state index in [2.05, 4.69) is 0 Å². The summed E-state index contributed by atoms with van der Waals surface area (Å²) < 4.78 is 20.2. The van der Waals surface area contributed by atoms with E-state index in [9.17, 15) is 0 Å². The third-order valence-electron chi connectivity index (χ3n) is 2.83. The Labute approximate surface area is 132 Å². The third kappa shape index (κ3) is 13.4. The van der Waals surface area contributed by atoms with E-state index in [1.54, 1.807) is 0 Å². The summed E-state index contributed by atoms with van der Waals surface area (Å²) >= 11 is 0. The van der Waals surface area contributed by atoms with Crippen molar-refractivity contribution in [2.75, 3.05) is 66.0 Å². The van der Waals surface area contributed by atoms with Crippen LogP contribution in [0.15, 0.2) is 0 Å². The van der Waals surface area contributed by atoms with Gasteiger partial charge in [-0.15, -0.1) is 0 Å². The topological polar surface area (TPSA) is 124 Å². The lowest BCUT2D eigenvalue weighted by molar-refractivity contribution is -0.0942. The van der Waals surface area contributed by atoms with Crippen LogP contribution in [0.5, 0.6) is 0 Å². The smallest absolute Gasteiger partial charge is 0.106 e. The molecule has 0 aromatic rings. The molecule has 8 heteroatoms. The van der Waals surface area contributed by atoms with E-state index in [1.807, 2.05) is 0 Å². The van der Waals surface area contributed by atoms with E-state index >= 15 is 0 Å². The fourth-order valence-corrected chi connectivity index (χ4v) is 1.69. The summed E-state index contributed by atoms with van der Waals surface area (Å²) in [6.45, 7) is 4.31. The zero-order chi connectivity index (χ0) is 16.5. The minimum absolute atomic E-state index is 0.0552. The minimum Gasteiger partial charge on any atom is -0.394 e. The first-order valence-corrected chi connectivity index (χ1v) is 7.71. The van der Waals surface area contributed by atoms with Crippen molar-refractivity contribution in [3.63, 3.8) is 0 Å². The first-order valence-electron chi connectivity index (χ1n) is 7.71. The molecule has 1 rings (SSSR count). The SMILES string of the molecule is NCCOCCOCCOCCO.OCC1OCCCC1O. The highest BCUT2D eigenvalue weighted by Gasteiger charge is 2.22. The lowest BCUT2D eigenvalue weighted by atomic mass is 10.1. The number of hydrogen-bond acceptors (Lipinski definition) is 8. The Hall–Kier alpha value is -0.320. The summed E-state index contributed by atoms with van der Waals surface area (Å²) in [6, 6.07) is 0. The average molecular weight is 325 g/mol. The first-order chi connectivity index (χ1) is 10.8. The minimum atomic E-state index is -0.455. The van der Waals surface area contributed by atoms with Gasteiger partial charge in [0.05, 0.1) is 59.0 Å². The summed E-state index contributed by atoms with van der Waals surface area (Å²) in [5, 5.41) is 26.0. The predicted molar refractivity (Wildman–Crippen MR) is 80.7 cm³/mol. The maximum absolute atomic E-state index is 9.08. The van der Waals surface area contributed by atoms with Crippen LogP contribution in [0.2, 0.25) is 0 Å². The standard InChI is InChI=1S/C8H19NO4.C6H12O3/c9-1-3-11-5-7-13-8-6-12-4-2-10;7-4-6-5(8)2-1-3-9-6/h10H,1-9H2;5-8H,1-4H2. The number of aliphatic hydroxyl groups excluding tert-OH is 3. The van der Waals surface area contributed by atoms with Gasteiger partial charge in [-0.1, -0.05) is 0 Å². The molecular weight excluding hydrogens is 294 g/mol. The van der Waals surface area contributed by atoms with Crippen LogP contribution in [0.1, 0.15) is 12.8 Å². The highest BCUT2D eigenvalue weighted by Crippen LogP contribution is 2.12. The predicted octanol–water partition coefficient (Wildman–Crippen LogP) is -1.49. The molecule has 1 aliphatic heterocycles. The molecule has 1 aliphatic rings. The van der Waals surface area contributed by atoms with Gasteiger partial charge < -0.3 is 40.0 Å². The highest BCUT2D eigenvalue weighted by molar-refractivity contribution is 4.71. The monoisotopic (exact) mass is 325 g/mol. The van der Waals surface area contributed by atoms with Gasteiger partial charge >= 0.3 is 0 Å². The van der Waals surface area contributed by atoms with Crippen LogP contribution in [0.4, 0.5) is 0 Å². The van der Waals surface area contributed by atoms with E-state index in [0.29, 0.717) is 52.8 Å². The highest BCUT2D eigenvalue weighted by atomic mass is 16.5. The molecule has 0 spiro atoms. The number of aliphatic hydroxyl groups is 3. The van der Waals surface area contributed by atoms with E-state index in [0.717, 1.165) is 12.8 Å². The molecule has 0 saturated carbocycles. The molecule has 0 amide bonds. The van der Waals surface area contributed by atoms with Crippen molar-refractivity contribution in [1.82, 2.24) is 0 Å². The van der Waals surface area contributed by atoms with Crippen molar-refractivity contribution in [2.24, 2.45) is 5.73 Å². The molecule has 1 saturated heterocycles. The fourth-order valence-electron chi connectivity index (χ4n) is 1.69. The van der Waals surface area contributed by atoms with Crippen LogP contribution in [-0.2, 0) is 18.9 Å². The Balaban J connectivity index is 0.000000425. The zero-order valence-corrected chi connectivity index (χ0v) is 13.2. The van der Waals surface area contributed by atoms with Gasteiger partial charge in [0, 0.05) is 13.2 Å². The molecule has 5 N–H and O–H groups in total. The zero-order valence-electron chi connectivity index (χ0n) is 13.2. The molecule has 1 fully saturated rings. The van der Waals surface area contributed by atoms with Crippen molar-refractivity contribution in [3.05, 3.63) is 0 Å². The van der Waals surface area contributed by atoms with Crippen LogP contribution < -0.4 is 5.73 Å². The van der Waals surface area contributed by atoms with Crippen molar-refractivity contribution in [1.29, 1.82) is 0 Å². The molecule has 0 aromatic carbocycles. The molecule has 8 nitrogen and oxygen atoms in total. The van der Waals surface area contributed by atoms with Gasteiger partial charge in [0.25, 0.3) is 0 Å². The van der Waals surface area contributed by atoms with Gasteiger partial charge in [-0.05, 0) is 12.8 Å². The number of rotatable bonds is 11. The molecule has 1 heterocycles. The Morgan fingerprint density at radius 2 is 1.55 bits per heavy atom. The van der Waals surface area contributed by atoms with E-state index in [1.165, 1.54) is 0 Å². The molecule has 134 valence electrons. The first kappa shape index (κ1) is 21.7. The fraction of sp³-hybridized carbons (Fsp3) is 1.00. The maximum atomic E-state index is 9.08. The van der Waals surface area contributed by atoms with Gasteiger partial charge in [0.15, 0.2) is 0 Å². The van der Waals surface area contributed by atoms with Crippen molar-refractivity contribution in [2.45, 2.75) is 25.0 Å². The maximum Gasteiger partial charge on any atom is 0.106 e. The van der Waals surface area contributed by atoms with Crippen LogP contribution >= 0.6 is 0 Å². The van der Waals surface area contributed by atoms with Crippen LogP contribution in [0, 0.1) is 0 Å². The summed E-state index contributed by atoms with van der Waals surface area (Å²) in [5.41, 5.74) is 5.21. The number of hydrogen-bond donors (Lipinski definition) is 4. The lowest BCUT2D eigenvalue weighted by Gasteiger charge is -2.25. The Bertz CT molecular complexity index is 211. The lowest BCUT2D eigenvalue weighted by Crippen LogP contribution is -2.36. The molecule has 0 radical (unpaired) electrons. The van der Waals surface area contributed by atoms with Gasteiger partial charge in [-0.25, -0.2) is 0 Å². The van der Waals surface area contributed by atoms with Crippen LogP contribution in [0.25, 0.3) is 0 Å². The van der Waals surface area contributed by atoms with Gasteiger partial charge in [-0.3, -0.25) is 0 Å². The molecule has 2 atom stereocenters. The van der Waals surface area contributed by atoms with E-state index in [-0.39, 0.29) is 19.3 Å². The molecule has 0 bridgehead atoms. The van der Waals surface area contributed by atoms with Crippen LogP contribution in [0.3, 0.4) is 0 Å². The average Bonchev–Trinajstić information content (AvgIpc) is 2.54. The second kappa shape index (κ2) is 17.0. The summed E-state index contributed by atoms with van der Waals surface area (Å²) in [6.07, 6.45) is 0.866. The number of ether oxygens (including phenoxy) is 4. The molecule has 2 unspecified atom stereocenters. The third-order valence-corrected chi connectivity index (χ3v) is 2.83. The van der Waals surface area contributed by atoms with Gasteiger partial charge in [-0.2, -0.15) is 0 Å². The van der Waals surface area contributed by atoms with E-state index in [4.69, 9.17) is 40.0 Å². The molecule has 0 aliphatic carbocycles. The Kier molecular flexibility index (Phi) is 16.8. The largest absolute Gasteiger partial charge is 0.394 e.